The van der Waals surface area contributed by atoms with E-state index in [9.17, 15) is 0 Å². The number of nitrogens with zero attached hydrogens (tertiary/aromatic N) is 1. The predicted octanol–water partition coefficient (Wildman–Crippen LogP) is 0.417. The summed E-state index contributed by atoms with van der Waals surface area (Å²) in [6.45, 7) is 8.24. The topological polar surface area (TPSA) is 43.7 Å². The summed E-state index contributed by atoms with van der Waals surface area (Å²) in [6, 6.07) is 0. The number of hydrogen-bond acceptors (Lipinski definition) is 3. The third-order valence-electron chi connectivity index (χ3n) is 1.60. The Labute approximate surface area is 68.6 Å². The molecule has 0 bridgehead atoms. The van der Waals surface area contributed by atoms with Gasteiger partial charge in [-0.05, 0) is 27.7 Å². The molecule has 3 heteroatoms. The Morgan fingerprint density at radius 2 is 1.82 bits per heavy atom. The zero-order chi connectivity index (χ0) is 9.07. The normalized spacial score (nSPS) is 15.5. The van der Waals surface area contributed by atoms with E-state index in [0.29, 0.717) is 6.54 Å². The molecule has 11 heavy (non-hydrogen) atoms. The fourth-order valence-electron chi connectivity index (χ4n) is 0.863. The number of aliphatic hydroxyl groups excluding tert-OH is 2. The molecule has 0 saturated carbocycles. The van der Waals surface area contributed by atoms with Gasteiger partial charge in [-0.1, -0.05) is 0 Å². The highest BCUT2D eigenvalue weighted by molar-refractivity contribution is 4.74. The standard InChI is InChI=1S/C8H19NO2/c1-7(11)5-9(6-10)8(2,3)4/h7,10-11H,5-6H2,1-4H3. The molecule has 0 aromatic heterocycles. The Morgan fingerprint density at radius 1 is 1.36 bits per heavy atom. The molecule has 3 nitrogen and oxygen atoms in total. The van der Waals surface area contributed by atoms with Crippen molar-refractivity contribution in [2.45, 2.75) is 39.3 Å². The molecule has 1 atom stereocenters. The van der Waals surface area contributed by atoms with Gasteiger partial charge in [0, 0.05) is 12.1 Å². The van der Waals surface area contributed by atoms with E-state index in [4.69, 9.17) is 10.2 Å². The lowest BCUT2D eigenvalue weighted by Crippen LogP contribution is -2.45. The summed E-state index contributed by atoms with van der Waals surface area (Å²) < 4.78 is 0. The summed E-state index contributed by atoms with van der Waals surface area (Å²) in [5.41, 5.74) is -0.0776. The minimum Gasteiger partial charge on any atom is -0.392 e. The molecule has 0 fully saturated rings. The zero-order valence-corrected chi connectivity index (χ0v) is 7.83. The smallest absolute Gasteiger partial charge is 0.0961 e. The van der Waals surface area contributed by atoms with E-state index >= 15 is 0 Å². The first kappa shape index (κ1) is 10.9. The van der Waals surface area contributed by atoms with Gasteiger partial charge in [0.1, 0.15) is 0 Å². The molecule has 0 aromatic carbocycles. The highest BCUT2D eigenvalue weighted by Crippen LogP contribution is 2.11. The second-order valence-corrected chi connectivity index (χ2v) is 3.88. The van der Waals surface area contributed by atoms with Crippen LogP contribution in [0.4, 0.5) is 0 Å². The van der Waals surface area contributed by atoms with Gasteiger partial charge in [-0.15, -0.1) is 0 Å². The van der Waals surface area contributed by atoms with Crippen LogP contribution in [0.2, 0.25) is 0 Å². The van der Waals surface area contributed by atoms with Gasteiger partial charge < -0.3 is 10.2 Å². The molecule has 0 amide bonds. The van der Waals surface area contributed by atoms with Crippen molar-refractivity contribution >= 4 is 0 Å². The fourth-order valence-corrected chi connectivity index (χ4v) is 0.863. The minimum absolute atomic E-state index is 0.00556. The Morgan fingerprint density at radius 3 is 1.91 bits per heavy atom. The molecule has 2 N–H and O–H groups in total. The summed E-state index contributed by atoms with van der Waals surface area (Å²) >= 11 is 0. The van der Waals surface area contributed by atoms with Crippen LogP contribution in [0.3, 0.4) is 0 Å². The van der Waals surface area contributed by atoms with Crippen LogP contribution in [0.15, 0.2) is 0 Å². The van der Waals surface area contributed by atoms with Crippen LogP contribution in [0.1, 0.15) is 27.7 Å². The van der Waals surface area contributed by atoms with Gasteiger partial charge in [-0.2, -0.15) is 0 Å². The number of aliphatic hydroxyl groups is 2. The second kappa shape index (κ2) is 4.04. The van der Waals surface area contributed by atoms with Gasteiger partial charge >= 0.3 is 0 Å². The largest absolute Gasteiger partial charge is 0.392 e. The van der Waals surface area contributed by atoms with E-state index in [0.717, 1.165) is 0 Å². The van der Waals surface area contributed by atoms with Gasteiger partial charge in [0.25, 0.3) is 0 Å². The van der Waals surface area contributed by atoms with Crippen molar-refractivity contribution < 1.29 is 10.2 Å². The highest BCUT2D eigenvalue weighted by atomic mass is 16.3. The summed E-state index contributed by atoms with van der Waals surface area (Å²) in [5, 5.41) is 18.0. The molecular weight excluding hydrogens is 142 g/mol. The zero-order valence-electron chi connectivity index (χ0n) is 7.83. The molecule has 0 spiro atoms. The Balaban J connectivity index is 3.96. The maximum absolute atomic E-state index is 9.06. The first-order chi connectivity index (χ1) is 4.88. The maximum Gasteiger partial charge on any atom is 0.0961 e. The second-order valence-electron chi connectivity index (χ2n) is 3.88. The molecule has 0 aliphatic carbocycles. The van der Waals surface area contributed by atoms with Gasteiger partial charge in [-0.25, -0.2) is 0 Å². The van der Waals surface area contributed by atoms with Gasteiger partial charge in [0.15, 0.2) is 0 Å². The van der Waals surface area contributed by atoms with Crippen molar-refractivity contribution in [2.75, 3.05) is 13.3 Å². The minimum atomic E-state index is -0.388. The van der Waals surface area contributed by atoms with Crippen molar-refractivity contribution in [2.24, 2.45) is 0 Å². The van der Waals surface area contributed by atoms with Crippen LogP contribution in [0, 0.1) is 0 Å². The first-order valence-corrected chi connectivity index (χ1v) is 3.92. The van der Waals surface area contributed by atoms with Crippen LogP contribution < -0.4 is 0 Å². The number of rotatable bonds is 3. The molecule has 0 radical (unpaired) electrons. The summed E-state index contributed by atoms with van der Waals surface area (Å²) in [5.74, 6) is 0. The molecule has 0 aliphatic heterocycles. The van der Waals surface area contributed by atoms with E-state index in [1.807, 2.05) is 25.7 Å². The highest BCUT2D eigenvalue weighted by Gasteiger charge is 2.20. The average molecular weight is 161 g/mol. The number of β-amino-alcohol motifs (C(OH)–C–C–N with tert-alkyl or cyclic N) is 1. The van der Waals surface area contributed by atoms with Gasteiger partial charge in [0.2, 0.25) is 0 Å². The summed E-state index contributed by atoms with van der Waals surface area (Å²) in [6.07, 6.45) is -0.388. The molecule has 0 aliphatic rings. The maximum atomic E-state index is 9.06. The van der Waals surface area contributed by atoms with Gasteiger partial charge in [-0.3, -0.25) is 4.90 Å². The molecule has 1 unspecified atom stereocenters. The third kappa shape index (κ3) is 4.35. The lowest BCUT2D eigenvalue weighted by molar-refractivity contribution is 0.000609. The van der Waals surface area contributed by atoms with E-state index in [2.05, 4.69) is 0 Å². The molecule has 0 aromatic rings. The van der Waals surface area contributed by atoms with Crippen LogP contribution in [-0.4, -0.2) is 40.0 Å². The van der Waals surface area contributed by atoms with E-state index in [-0.39, 0.29) is 18.4 Å². The molecule has 68 valence electrons. The predicted molar refractivity (Wildman–Crippen MR) is 45.2 cm³/mol. The lowest BCUT2D eigenvalue weighted by Gasteiger charge is -2.34. The summed E-state index contributed by atoms with van der Waals surface area (Å²) in [7, 11) is 0. The van der Waals surface area contributed by atoms with Crippen molar-refractivity contribution in [3.8, 4) is 0 Å². The molecule has 0 rings (SSSR count). The SMILES string of the molecule is CC(O)CN(CO)C(C)(C)C. The Hall–Kier alpha value is -0.120. The van der Waals surface area contributed by atoms with Crippen LogP contribution in [-0.2, 0) is 0 Å². The molecular formula is C8H19NO2. The fraction of sp³-hybridized carbons (Fsp3) is 1.00. The van der Waals surface area contributed by atoms with E-state index in [1.54, 1.807) is 6.92 Å². The van der Waals surface area contributed by atoms with Gasteiger partial charge in [0.05, 0.1) is 12.8 Å². The molecule has 0 heterocycles. The van der Waals surface area contributed by atoms with E-state index in [1.165, 1.54) is 0 Å². The van der Waals surface area contributed by atoms with E-state index < -0.39 is 0 Å². The summed E-state index contributed by atoms with van der Waals surface area (Å²) in [4.78, 5) is 1.82. The quantitative estimate of drug-likeness (QED) is 0.589. The third-order valence-corrected chi connectivity index (χ3v) is 1.60. The monoisotopic (exact) mass is 161 g/mol. The van der Waals surface area contributed by atoms with Crippen molar-refractivity contribution in [3.05, 3.63) is 0 Å². The number of hydrogen-bond donors (Lipinski definition) is 2. The van der Waals surface area contributed by atoms with Crippen molar-refractivity contribution in [1.82, 2.24) is 4.90 Å². The van der Waals surface area contributed by atoms with Crippen LogP contribution in [0.25, 0.3) is 0 Å². The van der Waals surface area contributed by atoms with Crippen molar-refractivity contribution in [1.29, 1.82) is 0 Å². The molecule has 0 saturated heterocycles. The van der Waals surface area contributed by atoms with Crippen LogP contribution in [0.5, 0.6) is 0 Å². The Bertz CT molecular complexity index is 107. The lowest BCUT2D eigenvalue weighted by atomic mass is 10.1. The first-order valence-electron chi connectivity index (χ1n) is 3.92. The van der Waals surface area contributed by atoms with Crippen LogP contribution >= 0.6 is 0 Å². The van der Waals surface area contributed by atoms with Crippen molar-refractivity contribution in [3.63, 3.8) is 0 Å². The average Bonchev–Trinajstić information content (AvgIpc) is 1.79. The Kier molecular flexibility index (Phi) is 4.00.